The van der Waals surface area contributed by atoms with Gasteiger partial charge in [0.25, 0.3) is 0 Å². The van der Waals surface area contributed by atoms with Crippen molar-refractivity contribution >= 4 is 23.8 Å². The number of hydrogen-bond acceptors (Lipinski definition) is 4. The van der Waals surface area contributed by atoms with Gasteiger partial charge in [-0.2, -0.15) is 0 Å². The number of aryl methyl sites for hydroxylation is 1. The molecule has 0 unspecified atom stereocenters. The van der Waals surface area contributed by atoms with Gasteiger partial charge in [-0.25, -0.2) is 9.69 Å². The summed E-state index contributed by atoms with van der Waals surface area (Å²) in [6, 6.07) is 6.42. The van der Waals surface area contributed by atoms with Crippen molar-refractivity contribution in [2.45, 2.75) is 68.9 Å². The molecule has 0 bridgehead atoms. The zero-order valence-corrected chi connectivity index (χ0v) is 16.8. The van der Waals surface area contributed by atoms with Crippen LogP contribution in [0.1, 0.15) is 63.0 Å². The molecule has 1 aliphatic carbocycles. The molecule has 1 saturated heterocycles. The molecular weight excluding hydrogens is 346 g/mol. The predicted molar refractivity (Wildman–Crippen MR) is 105 cm³/mol. The second-order valence-corrected chi connectivity index (χ2v) is 9.09. The lowest BCUT2D eigenvalue weighted by atomic mass is 9.86. The molecule has 1 atom stereocenters. The molecule has 1 aromatic carbocycles. The maximum atomic E-state index is 13.2. The number of benzene rings is 1. The summed E-state index contributed by atoms with van der Waals surface area (Å²) in [5.41, 5.74) is 2.22. The highest BCUT2D eigenvalue weighted by Gasteiger charge is 2.37. The number of carbonyl (C=O) groups excluding carboxylic acids is 2. The molecule has 4 nitrogen and oxygen atoms in total. The topological polar surface area (TPSA) is 46.6 Å². The van der Waals surface area contributed by atoms with E-state index >= 15 is 0 Å². The Morgan fingerprint density at radius 3 is 2.58 bits per heavy atom. The van der Waals surface area contributed by atoms with Crippen LogP contribution in [-0.2, 0) is 9.53 Å². The van der Waals surface area contributed by atoms with Crippen LogP contribution < -0.4 is 0 Å². The van der Waals surface area contributed by atoms with Crippen LogP contribution in [0.2, 0.25) is 0 Å². The van der Waals surface area contributed by atoms with Crippen LogP contribution in [0.25, 0.3) is 0 Å². The van der Waals surface area contributed by atoms with Gasteiger partial charge in [0.05, 0.1) is 12.5 Å². The fourth-order valence-electron chi connectivity index (χ4n) is 3.92. The molecule has 0 spiro atoms. The van der Waals surface area contributed by atoms with E-state index in [2.05, 4.69) is 39.0 Å². The van der Waals surface area contributed by atoms with Crippen molar-refractivity contribution in [3.05, 3.63) is 29.3 Å². The van der Waals surface area contributed by atoms with E-state index in [0.717, 1.165) is 11.1 Å². The molecular formula is C21H29NO3S. The number of nitrogens with zero attached hydrogens (tertiary/aromatic N) is 1. The van der Waals surface area contributed by atoms with Crippen LogP contribution in [0.3, 0.4) is 0 Å². The van der Waals surface area contributed by atoms with Gasteiger partial charge in [-0.15, -0.1) is 11.8 Å². The number of hydrogen-bond donors (Lipinski definition) is 0. The summed E-state index contributed by atoms with van der Waals surface area (Å²) in [5, 5.41) is 0.630. The van der Waals surface area contributed by atoms with Crippen LogP contribution in [-0.4, -0.2) is 35.3 Å². The Bertz CT molecular complexity index is 667. The number of thioether (sulfide) groups is 1. The van der Waals surface area contributed by atoms with Gasteiger partial charge in [0, 0.05) is 10.1 Å². The summed E-state index contributed by atoms with van der Waals surface area (Å²) in [5.74, 6) is -0.325. The predicted octanol–water partition coefficient (Wildman–Crippen LogP) is 5.14. The summed E-state index contributed by atoms with van der Waals surface area (Å²) in [6.07, 6.45) is 5.92. The molecule has 0 N–H and O–H groups in total. The molecule has 2 aliphatic rings. The standard InChI is InChI=1S/C21H29NO3S/c1-14(2)19(20(23)22-11-12-25-21(22)24)17-13-15(3)9-10-18(17)26-16-7-5-4-6-8-16/h9-10,13-14,16,19H,4-8,11-12H2,1-3H3/t19-/m1/s1. The van der Waals surface area contributed by atoms with Crippen LogP contribution >= 0.6 is 11.8 Å². The smallest absolute Gasteiger partial charge is 0.416 e. The zero-order valence-electron chi connectivity index (χ0n) is 16.0. The molecule has 2 amide bonds. The van der Waals surface area contributed by atoms with Crippen molar-refractivity contribution in [3.8, 4) is 0 Å². The summed E-state index contributed by atoms with van der Waals surface area (Å²) in [7, 11) is 0. The molecule has 142 valence electrons. The highest BCUT2D eigenvalue weighted by Crippen LogP contribution is 2.40. The molecule has 2 fully saturated rings. The van der Waals surface area contributed by atoms with E-state index in [1.165, 1.54) is 41.9 Å². The first kappa shape index (κ1) is 19.3. The molecule has 0 aromatic heterocycles. The van der Waals surface area contributed by atoms with E-state index < -0.39 is 6.09 Å². The molecule has 1 aliphatic heterocycles. The van der Waals surface area contributed by atoms with Gasteiger partial charge in [-0.1, -0.05) is 50.8 Å². The number of cyclic esters (lactones) is 1. The van der Waals surface area contributed by atoms with Gasteiger partial charge >= 0.3 is 6.09 Å². The lowest BCUT2D eigenvalue weighted by molar-refractivity contribution is -0.130. The quantitative estimate of drug-likeness (QED) is 0.715. The summed E-state index contributed by atoms with van der Waals surface area (Å²) in [6.45, 7) is 6.83. The lowest BCUT2D eigenvalue weighted by Gasteiger charge is -2.28. The molecule has 0 radical (unpaired) electrons. The summed E-state index contributed by atoms with van der Waals surface area (Å²) < 4.78 is 4.99. The molecule has 1 heterocycles. The first-order valence-corrected chi connectivity index (χ1v) is 10.6. The van der Waals surface area contributed by atoms with Crippen molar-refractivity contribution < 1.29 is 14.3 Å². The monoisotopic (exact) mass is 375 g/mol. The molecule has 5 heteroatoms. The van der Waals surface area contributed by atoms with E-state index in [-0.39, 0.29) is 17.7 Å². The van der Waals surface area contributed by atoms with Crippen molar-refractivity contribution in [1.82, 2.24) is 4.90 Å². The third-order valence-electron chi connectivity index (χ3n) is 5.31. The zero-order chi connectivity index (χ0) is 18.7. The average Bonchev–Trinajstić information content (AvgIpc) is 3.04. The molecule has 3 rings (SSSR count). The van der Waals surface area contributed by atoms with Gasteiger partial charge in [-0.05, 0) is 37.3 Å². The maximum Gasteiger partial charge on any atom is 0.416 e. The normalized spacial score (nSPS) is 19.7. The van der Waals surface area contributed by atoms with Crippen molar-refractivity contribution in [2.75, 3.05) is 13.2 Å². The minimum Gasteiger partial charge on any atom is -0.447 e. The minimum atomic E-state index is -0.505. The fraction of sp³-hybridized carbons (Fsp3) is 0.619. The van der Waals surface area contributed by atoms with Gasteiger partial charge in [0.15, 0.2) is 0 Å². The third-order valence-corrected chi connectivity index (χ3v) is 6.74. The van der Waals surface area contributed by atoms with E-state index in [0.29, 0.717) is 18.4 Å². The van der Waals surface area contributed by atoms with Gasteiger partial charge in [0.2, 0.25) is 5.91 Å². The summed E-state index contributed by atoms with van der Waals surface area (Å²) >= 11 is 1.92. The van der Waals surface area contributed by atoms with Gasteiger partial charge in [-0.3, -0.25) is 4.79 Å². The van der Waals surface area contributed by atoms with E-state index in [1.54, 1.807) is 0 Å². The molecule has 1 saturated carbocycles. The fourth-order valence-corrected chi connectivity index (χ4v) is 5.32. The van der Waals surface area contributed by atoms with E-state index in [4.69, 9.17) is 4.74 Å². The minimum absolute atomic E-state index is 0.114. The number of imide groups is 1. The average molecular weight is 376 g/mol. The van der Waals surface area contributed by atoms with Crippen LogP contribution in [0, 0.1) is 12.8 Å². The van der Waals surface area contributed by atoms with Crippen molar-refractivity contribution in [2.24, 2.45) is 5.92 Å². The van der Waals surface area contributed by atoms with Crippen LogP contribution in [0.15, 0.2) is 23.1 Å². The van der Waals surface area contributed by atoms with Gasteiger partial charge in [0.1, 0.15) is 6.61 Å². The molecule has 1 aromatic rings. The first-order valence-electron chi connectivity index (χ1n) is 9.72. The SMILES string of the molecule is Cc1ccc(SC2CCCCC2)c([C@H](C(=O)N2CCOC2=O)C(C)C)c1. The van der Waals surface area contributed by atoms with Gasteiger partial charge < -0.3 is 4.74 Å². The summed E-state index contributed by atoms with van der Waals surface area (Å²) in [4.78, 5) is 27.6. The Labute approximate surface area is 160 Å². The lowest BCUT2D eigenvalue weighted by Crippen LogP contribution is -2.37. The Balaban J connectivity index is 1.91. The Morgan fingerprint density at radius 1 is 1.23 bits per heavy atom. The number of amides is 2. The van der Waals surface area contributed by atoms with Crippen LogP contribution in [0.5, 0.6) is 0 Å². The second-order valence-electron chi connectivity index (χ2n) is 7.75. The number of rotatable bonds is 5. The Hall–Kier alpha value is -1.49. The first-order chi connectivity index (χ1) is 12.5. The maximum absolute atomic E-state index is 13.2. The number of carbonyl (C=O) groups is 2. The highest BCUT2D eigenvalue weighted by atomic mass is 32.2. The van der Waals surface area contributed by atoms with Crippen LogP contribution in [0.4, 0.5) is 4.79 Å². The largest absolute Gasteiger partial charge is 0.447 e. The highest BCUT2D eigenvalue weighted by molar-refractivity contribution is 8.00. The van der Waals surface area contributed by atoms with E-state index in [1.807, 2.05) is 11.8 Å². The van der Waals surface area contributed by atoms with E-state index in [9.17, 15) is 9.59 Å². The third kappa shape index (κ3) is 4.25. The van der Waals surface area contributed by atoms with Crippen molar-refractivity contribution in [3.63, 3.8) is 0 Å². The second kappa shape index (κ2) is 8.47. The Kier molecular flexibility index (Phi) is 6.28. The van der Waals surface area contributed by atoms with Crippen molar-refractivity contribution in [1.29, 1.82) is 0 Å². The Morgan fingerprint density at radius 2 is 1.96 bits per heavy atom. The molecule has 26 heavy (non-hydrogen) atoms. The number of ether oxygens (including phenoxy) is 1.